The topological polar surface area (TPSA) is 40.5 Å². The van der Waals surface area contributed by atoms with Gasteiger partial charge in [0, 0.05) is 17.3 Å². The van der Waals surface area contributed by atoms with E-state index in [1.54, 1.807) is 17.0 Å². The number of carbonyl (C=O) groups is 1. The van der Waals surface area contributed by atoms with Gasteiger partial charge in [-0.05, 0) is 31.2 Å². The van der Waals surface area contributed by atoms with Gasteiger partial charge < -0.3 is 10.0 Å². The number of carboxylic acid groups (broad SMARTS) is 1. The molecule has 3 nitrogen and oxygen atoms in total. The SMILES string of the molecule is CCN(CC(=O)O)c1ccc(Cl)cc1. The predicted molar refractivity (Wildman–Crippen MR) is 57.0 cm³/mol. The van der Waals surface area contributed by atoms with E-state index in [0.717, 1.165) is 5.69 Å². The predicted octanol–water partition coefficient (Wildman–Crippen LogP) is 2.25. The molecule has 4 heteroatoms. The van der Waals surface area contributed by atoms with Crippen molar-refractivity contribution in [2.45, 2.75) is 6.92 Å². The highest BCUT2D eigenvalue weighted by molar-refractivity contribution is 6.30. The number of benzene rings is 1. The van der Waals surface area contributed by atoms with Crippen LogP contribution >= 0.6 is 11.6 Å². The van der Waals surface area contributed by atoms with Crippen LogP contribution in [0.5, 0.6) is 0 Å². The van der Waals surface area contributed by atoms with Crippen molar-refractivity contribution in [3.05, 3.63) is 29.3 Å². The fourth-order valence-corrected chi connectivity index (χ4v) is 1.33. The van der Waals surface area contributed by atoms with Crippen molar-refractivity contribution in [2.24, 2.45) is 0 Å². The maximum absolute atomic E-state index is 10.5. The number of anilines is 1. The first-order valence-electron chi connectivity index (χ1n) is 4.35. The van der Waals surface area contributed by atoms with Gasteiger partial charge in [-0.1, -0.05) is 11.6 Å². The Balaban J connectivity index is 2.78. The van der Waals surface area contributed by atoms with E-state index in [2.05, 4.69) is 0 Å². The van der Waals surface area contributed by atoms with Crippen LogP contribution in [0, 0.1) is 0 Å². The number of hydrogen-bond donors (Lipinski definition) is 1. The Kier molecular flexibility index (Phi) is 3.77. The molecule has 76 valence electrons. The van der Waals surface area contributed by atoms with Gasteiger partial charge in [0.15, 0.2) is 0 Å². The number of likely N-dealkylation sites (N-methyl/N-ethyl adjacent to an activating group) is 1. The fraction of sp³-hybridized carbons (Fsp3) is 0.300. The lowest BCUT2D eigenvalue weighted by molar-refractivity contribution is -0.135. The lowest BCUT2D eigenvalue weighted by Gasteiger charge is -2.20. The summed E-state index contributed by atoms with van der Waals surface area (Å²) in [6.45, 7) is 2.59. The van der Waals surface area contributed by atoms with E-state index in [1.165, 1.54) is 0 Å². The summed E-state index contributed by atoms with van der Waals surface area (Å²) in [5, 5.41) is 9.32. The van der Waals surface area contributed by atoms with Crippen molar-refractivity contribution in [3.63, 3.8) is 0 Å². The third-order valence-corrected chi connectivity index (χ3v) is 2.15. The second-order valence-electron chi connectivity index (χ2n) is 2.88. The zero-order valence-electron chi connectivity index (χ0n) is 7.90. The van der Waals surface area contributed by atoms with Crippen molar-refractivity contribution in [1.82, 2.24) is 0 Å². The lowest BCUT2D eigenvalue weighted by Crippen LogP contribution is -2.29. The number of aliphatic carboxylic acids is 1. The fourth-order valence-electron chi connectivity index (χ4n) is 1.20. The van der Waals surface area contributed by atoms with Gasteiger partial charge in [0.25, 0.3) is 0 Å². The summed E-state index contributed by atoms with van der Waals surface area (Å²) >= 11 is 5.73. The molecule has 0 saturated carbocycles. The Morgan fingerprint density at radius 3 is 2.43 bits per heavy atom. The molecular formula is C10H12ClNO2. The highest BCUT2D eigenvalue weighted by Gasteiger charge is 2.07. The molecule has 0 amide bonds. The van der Waals surface area contributed by atoms with Gasteiger partial charge in [-0.3, -0.25) is 4.79 Å². The van der Waals surface area contributed by atoms with Gasteiger partial charge in [-0.25, -0.2) is 0 Å². The summed E-state index contributed by atoms with van der Waals surface area (Å²) in [6, 6.07) is 7.13. The van der Waals surface area contributed by atoms with E-state index in [-0.39, 0.29) is 6.54 Å². The van der Waals surface area contributed by atoms with E-state index in [4.69, 9.17) is 16.7 Å². The largest absolute Gasteiger partial charge is 0.480 e. The van der Waals surface area contributed by atoms with Gasteiger partial charge in [0.05, 0.1) is 0 Å². The monoisotopic (exact) mass is 213 g/mol. The Morgan fingerprint density at radius 1 is 1.43 bits per heavy atom. The summed E-state index contributed by atoms with van der Waals surface area (Å²) in [7, 11) is 0. The first-order chi connectivity index (χ1) is 6.63. The third kappa shape index (κ3) is 2.92. The third-order valence-electron chi connectivity index (χ3n) is 1.90. The molecule has 0 aliphatic carbocycles. The van der Waals surface area contributed by atoms with Crippen LogP contribution in [-0.2, 0) is 4.79 Å². The average molecular weight is 214 g/mol. The van der Waals surface area contributed by atoms with Crippen molar-refractivity contribution in [3.8, 4) is 0 Å². The van der Waals surface area contributed by atoms with Gasteiger partial charge in [-0.2, -0.15) is 0 Å². The van der Waals surface area contributed by atoms with Crippen LogP contribution in [0.1, 0.15) is 6.92 Å². The minimum absolute atomic E-state index is 0.0120. The summed E-state index contributed by atoms with van der Waals surface area (Å²) in [5.41, 5.74) is 0.874. The summed E-state index contributed by atoms with van der Waals surface area (Å²) < 4.78 is 0. The lowest BCUT2D eigenvalue weighted by atomic mass is 10.3. The molecule has 0 aliphatic heterocycles. The zero-order chi connectivity index (χ0) is 10.6. The van der Waals surface area contributed by atoms with Crippen molar-refractivity contribution in [1.29, 1.82) is 0 Å². The Labute approximate surface area is 87.9 Å². The highest BCUT2D eigenvalue weighted by atomic mass is 35.5. The minimum Gasteiger partial charge on any atom is -0.480 e. The van der Waals surface area contributed by atoms with Gasteiger partial charge in [-0.15, -0.1) is 0 Å². The number of hydrogen-bond acceptors (Lipinski definition) is 2. The molecule has 0 spiro atoms. The molecule has 0 heterocycles. The van der Waals surface area contributed by atoms with Crippen LogP contribution in [0.4, 0.5) is 5.69 Å². The molecule has 0 atom stereocenters. The molecular weight excluding hydrogens is 202 g/mol. The number of carboxylic acids is 1. The average Bonchev–Trinajstić information content (AvgIpc) is 2.15. The maximum atomic E-state index is 10.5. The van der Waals surface area contributed by atoms with Gasteiger partial charge >= 0.3 is 5.97 Å². The van der Waals surface area contributed by atoms with Crippen molar-refractivity contribution >= 4 is 23.3 Å². The van der Waals surface area contributed by atoms with E-state index in [9.17, 15) is 4.79 Å². The highest BCUT2D eigenvalue weighted by Crippen LogP contribution is 2.17. The van der Waals surface area contributed by atoms with Crippen LogP contribution in [-0.4, -0.2) is 24.2 Å². The van der Waals surface area contributed by atoms with E-state index in [0.29, 0.717) is 11.6 Å². The summed E-state index contributed by atoms with van der Waals surface area (Å²) in [6.07, 6.45) is 0. The van der Waals surface area contributed by atoms with Crippen molar-refractivity contribution < 1.29 is 9.90 Å². The molecule has 1 rings (SSSR count). The minimum atomic E-state index is -0.832. The van der Waals surface area contributed by atoms with Crippen LogP contribution in [0.3, 0.4) is 0 Å². The number of nitrogens with zero attached hydrogens (tertiary/aromatic N) is 1. The first kappa shape index (κ1) is 10.9. The van der Waals surface area contributed by atoms with Crippen LogP contribution in [0.2, 0.25) is 5.02 Å². The van der Waals surface area contributed by atoms with E-state index in [1.807, 2.05) is 19.1 Å². The molecule has 0 saturated heterocycles. The summed E-state index contributed by atoms with van der Waals surface area (Å²) in [4.78, 5) is 12.3. The number of rotatable bonds is 4. The first-order valence-corrected chi connectivity index (χ1v) is 4.73. The molecule has 0 aliphatic rings. The molecule has 0 fully saturated rings. The Bertz CT molecular complexity index is 310. The Hall–Kier alpha value is -1.22. The maximum Gasteiger partial charge on any atom is 0.323 e. The van der Waals surface area contributed by atoms with E-state index < -0.39 is 5.97 Å². The molecule has 14 heavy (non-hydrogen) atoms. The second-order valence-corrected chi connectivity index (χ2v) is 3.32. The van der Waals surface area contributed by atoms with Gasteiger partial charge in [0.2, 0.25) is 0 Å². The molecule has 1 N–H and O–H groups in total. The second kappa shape index (κ2) is 4.86. The normalized spacial score (nSPS) is 9.86. The van der Waals surface area contributed by atoms with Crippen LogP contribution < -0.4 is 4.90 Å². The van der Waals surface area contributed by atoms with Crippen LogP contribution in [0.15, 0.2) is 24.3 Å². The standard InChI is InChI=1S/C10H12ClNO2/c1-2-12(7-10(13)14)9-5-3-8(11)4-6-9/h3-6H,2,7H2,1H3,(H,13,14). The van der Waals surface area contributed by atoms with Gasteiger partial charge in [0.1, 0.15) is 6.54 Å². The Morgan fingerprint density at radius 2 is 2.00 bits per heavy atom. The molecule has 1 aromatic rings. The smallest absolute Gasteiger partial charge is 0.323 e. The van der Waals surface area contributed by atoms with E-state index >= 15 is 0 Å². The molecule has 1 aromatic carbocycles. The molecule has 0 bridgehead atoms. The van der Waals surface area contributed by atoms with Crippen LogP contribution in [0.25, 0.3) is 0 Å². The molecule has 0 radical (unpaired) electrons. The molecule has 0 aromatic heterocycles. The molecule has 0 unspecified atom stereocenters. The van der Waals surface area contributed by atoms with Crippen molar-refractivity contribution in [2.75, 3.05) is 18.0 Å². The quantitative estimate of drug-likeness (QED) is 0.834. The summed E-state index contributed by atoms with van der Waals surface area (Å²) in [5.74, 6) is -0.832. The zero-order valence-corrected chi connectivity index (χ0v) is 8.66. The number of halogens is 1.